The molecule has 2 rings (SSSR count). The van der Waals surface area contributed by atoms with Crippen molar-refractivity contribution in [3.8, 4) is 0 Å². The molecule has 1 fully saturated rings. The van der Waals surface area contributed by atoms with Gasteiger partial charge in [-0.25, -0.2) is 9.18 Å². The third-order valence-corrected chi connectivity index (χ3v) is 4.33. The topological polar surface area (TPSA) is 61.4 Å². The number of hydrogen-bond donors (Lipinski definition) is 3. The highest BCUT2D eigenvalue weighted by Crippen LogP contribution is 2.24. The number of carbonyl (C=O) groups excluding carboxylic acids is 1. The minimum atomic E-state index is -0.481. The molecule has 1 saturated carbocycles. The molecular formula is C17H25FN2O2. The van der Waals surface area contributed by atoms with E-state index < -0.39 is 5.41 Å². The van der Waals surface area contributed by atoms with Crippen molar-refractivity contribution in [3.63, 3.8) is 0 Å². The summed E-state index contributed by atoms with van der Waals surface area (Å²) in [6.07, 6.45) is 2.81. The molecule has 4 nitrogen and oxygen atoms in total. The number of amides is 2. The quantitative estimate of drug-likeness (QED) is 0.801. The Labute approximate surface area is 131 Å². The summed E-state index contributed by atoms with van der Waals surface area (Å²) >= 11 is 0. The fourth-order valence-electron chi connectivity index (χ4n) is 2.86. The Balaban J connectivity index is 1.84. The highest BCUT2D eigenvalue weighted by Gasteiger charge is 2.25. The molecule has 22 heavy (non-hydrogen) atoms. The van der Waals surface area contributed by atoms with Crippen LogP contribution < -0.4 is 10.6 Å². The molecule has 1 aromatic carbocycles. The molecule has 0 saturated heterocycles. The molecule has 0 atom stereocenters. The Hall–Kier alpha value is -1.62. The van der Waals surface area contributed by atoms with Crippen LogP contribution in [0.15, 0.2) is 24.3 Å². The van der Waals surface area contributed by atoms with Crippen LogP contribution in [-0.4, -0.2) is 29.8 Å². The Morgan fingerprint density at radius 1 is 1.27 bits per heavy atom. The van der Waals surface area contributed by atoms with Gasteiger partial charge in [0.1, 0.15) is 5.82 Å². The number of rotatable bonds is 4. The van der Waals surface area contributed by atoms with E-state index in [-0.39, 0.29) is 24.0 Å². The van der Waals surface area contributed by atoms with Crippen LogP contribution in [0.25, 0.3) is 0 Å². The molecule has 0 unspecified atom stereocenters. The van der Waals surface area contributed by atoms with Gasteiger partial charge in [-0.05, 0) is 37.3 Å². The molecule has 1 aliphatic rings. The molecule has 5 heteroatoms. The first kappa shape index (κ1) is 16.7. The lowest BCUT2D eigenvalue weighted by atomic mass is 9.84. The van der Waals surface area contributed by atoms with Crippen molar-refractivity contribution in [2.45, 2.75) is 57.1 Å². The van der Waals surface area contributed by atoms with Gasteiger partial charge in [-0.1, -0.05) is 32.0 Å². The largest absolute Gasteiger partial charge is 0.393 e. The Morgan fingerprint density at radius 2 is 1.91 bits per heavy atom. The van der Waals surface area contributed by atoms with E-state index in [1.165, 1.54) is 6.07 Å². The molecule has 0 bridgehead atoms. The first-order valence-corrected chi connectivity index (χ1v) is 7.86. The Morgan fingerprint density at radius 3 is 2.55 bits per heavy atom. The zero-order valence-corrected chi connectivity index (χ0v) is 13.2. The van der Waals surface area contributed by atoms with Crippen LogP contribution in [0.2, 0.25) is 0 Å². The van der Waals surface area contributed by atoms with Crippen molar-refractivity contribution in [2.75, 3.05) is 6.54 Å². The minimum absolute atomic E-state index is 0.111. The van der Waals surface area contributed by atoms with Crippen molar-refractivity contribution >= 4 is 6.03 Å². The van der Waals surface area contributed by atoms with Crippen molar-refractivity contribution in [3.05, 3.63) is 35.6 Å². The first-order chi connectivity index (χ1) is 10.4. The number of carbonyl (C=O) groups is 1. The standard InChI is InChI=1S/C17H25FN2O2/c1-17(2,14-5-3-4-6-15(14)18)11-19-16(22)20-12-7-9-13(21)10-8-12/h3-6,12-13,21H,7-11H2,1-2H3,(H2,19,20,22). The van der Waals surface area contributed by atoms with Gasteiger partial charge in [-0.2, -0.15) is 0 Å². The number of benzene rings is 1. The van der Waals surface area contributed by atoms with E-state index in [9.17, 15) is 14.3 Å². The number of urea groups is 1. The lowest BCUT2D eigenvalue weighted by Crippen LogP contribution is -2.47. The summed E-state index contributed by atoms with van der Waals surface area (Å²) in [5.74, 6) is -0.254. The lowest BCUT2D eigenvalue weighted by Gasteiger charge is -2.29. The van der Waals surface area contributed by atoms with Gasteiger partial charge in [0.15, 0.2) is 0 Å². The average Bonchev–Trinajstić information content (AvgIpc) is 2.48. The summed E-state index contributed by atoms with van der Waals surface area (Å²) in [5, 5.41) is 15.2. The molecule has 1 aliphatic carbocycles. The molecule has 3 N–H and O–H groups in total. The second kappa shape index (κ2) is 7.09. The van der Waals surface area contributed by atoms with Crippen molar-refractivity contribution < 1.29 is 14.3 Å². The second-order valence-electron chi connectivity index (χ2n) is 6.70. The number of nitrogens with one attached hydrogen (secondary N) is 2. The molecule has 0 radical (unpaired) electrons. The first-order valence-electron chi connectivity index (χ1n) is 7.86. The summed E-state index contributed by atoms with van der Waals surface area (Å²) in [5.41, 5.74) is 0.113. The van der Waals surface area contributed by atoms with Gasteiger partial charge >= 0.3 is 6.03 Å². The van der Waals surface area contributed by atoms with Crippen LogP contribution in [0.1, 0.15) is 45.1 Å². The van der Waals surface area contributed by atoms with Gasteiger partial charge in [-0.3, -0.25) is 0 Å². The second-order valence-corrected chi connectivity index (χ2v) is 6.70. The number of halogens is 1. The highest BCUT2D eigenvalue weighted by atomic mass is 19.1. The van der Waals surface area contributed by atoms with E-state index in [4.69, 9.17) is 0 Å². The zero-order valence-electron chi connectivity index (χ0n) is 13.2. The van der Waals surface area contributed by atoms with E-state index in [1.807, 2.05) is 13.8 Å². The molecule has 122 valence electrons. The Bertz CT molecular complexity index is 511. The summed E-state index contributed by atoms with van der Waals surface area (Å²) in [6.45, 7) is 4.17. The maximum absolute atomic E-state index is 13.9. The fourth-order valence-corrected chi connectivity index (χ4v) is 2.86. The third-order valence-electron chi connectivity index (χ3n) is 4.33. The number of aliphatic hydroxyl groups excluding tert-OH is 1. The molecule has 0 heterocycles. The van der Waals surface area contributed by atoms with Crippen LogP contribution in [-0.2, 0) is 5.41 Å². The SMILES string of the molecule is CC(C)(CNC(=O)NC1CCC(O)CC1)c1ccccc1F. The fraction of sp³-hybridized carbons (Fsp3) is 0.588. The minimum Gasteiger partial charge on any atom is -0.393 e. The molecule has 0 aliphatic heterocycles. The summed E-state index contributed by atoms with van der Waals surface area (Å²) in [4.78, 5) is 12.0. The van der Waals surface area contributed by atoms with Crippen LogP contribution in [0, 0.1) is 5.82 Å². The number of aliphatic hydroxyl groups is 1. The molecular weight excluding hydrogens is 283 g/mol. The molecule has 0 aromatic heterocycles. The van der Waals surface area contributed by atoms with Crippen LogP contribution >= 0.6 is 0 Å². The van der Waals surface area contributed by atoms with E-state index >= 15 is 0 Å². The molecule has 0 spiro atoms. The molecule has 2 amide bonds. The zero-order chi connectivity index (χ0) is 16.2. The van der Waals surface area contributed by atoms with E-state index in [2.05, 4.69) is 10.6 Å². The van der Waals surface area contributed by atoms with E-state index in [1.54, 1.807) is 18.2 Å². The summed E-state index contributed by atoms with van der Waals surface area (Å²) in [6, 6.07) is 6.52. The van der Waals surface area contributed by atoms with Gasteiger partial charge in [0.05, 0.1) is 6.10 Å². The van der Waals surface area contributed by atoms with E-state index in [0.717, 1.165) is 25.7 Å². The van der Waals surface area contributed by atoms with Gasteiger partial charge in [0.25, 0.3) is 0 Å². The summed E-state index contributed by atoms with van der Waals surface area (Å²) < 4.78 is 13.9. The average molecular weight is 308 g/mol. The predicted octanol–water partition coefficient (Wildman–Crippen LogP) is 2.71. The van der Waals surface area contributed by atoms with Crippen LogP contribution in [0.3, 0.4) is 0 Å². The van der Waals surface area contributed by atoms with Crippen molar-refractivity contribution in [1.82, 2.24) is 10.6 Å². The monoisotopic (exact) mass is 308 g/mol. The maximum atomic E-state index is 13.9. The molecule has 1 aromatic rings. The maximum Gasteiger partial charge on any atom is 0.315 e. The summed E-state index contributed by atoms with van der Waals surface area (Å²) in [7, 11) is 0. The van der Waals surface area contributed by atoms with Gasteiger partial charge in [-0.15, -0.1) is 0 Å². The van der Waals surface area contributed by atoms with Crippen molar-refractivity contribution in [2.24, 2.45) is 0 Å². The number of hydrogen-bond acceptors (Lipinski definition) is 2. The van der Waals surface area contributed by atoms with Gasteiger partial charge in [0, 0.05) is 18.0 Å². The van der Waals surface area contributed by atoms with Gasteiger partial charge < -0.3 is 15.7 Å². The Kier molecular flexibility index (Phi) is 5.40. The lowest BCUT2D eigenvalue weighted by molar-refractivity contribution is 0.117. The van der Waals surface area contributed by atoms with Crippen LogP contribution in [0.5, 0.6) is 0 Å². The smallest absolute Gasteiger partial charge is 0.315 e. The normalized spacial score (nSPS) is 22.2. The van der Waals surface area contributed by atoms with Gasteiger partial charge in [0.2, 0.25) is 0 Å². The third kappa shape index (κ3) is 4.44. The van der Waals surface area contributed by atoms with Crippen molar-refractivity contribution in [1.29, 1.82) is 0 Å². The highest BCUT2D eigenvalue weighted by molar-refractivity contribution is 5.74. The van der Waals surface area contributed by atoms with Crippen LogP contribution in [0.4, 0.5) is 9.18 Å². The van der Waals surface area contributed by atoms with E-state index in [0.29, 0.717) is 12.1 Å². The predicted molar refractivity (Wildman–Crippen MR) is 84.2 cm³/mol.